The van der Waals surface area contributed by atoms with Crippen LogP contribution in [0.5, 0.6) is 0 Å². The van der Waals surface area contributed by atoms with Crippen LogP contribution in [0.15, 0.2) is 102 Å². The first-order chi connectivity index (χ1) is 37.3. The van der Waals surface area contributed by atoms with Crippen molar-refractivity contribution in [1.82, 2.24) is 16.0 Å². The number of benzene rings is 3. The second-order valence-corrected chi connectivity index (χ2v) is 19.8. The minimum absolute atomic E-state index is 0. The monoisotopic (exact) mass is 1430 g/mol. The number of hydrogen-bond acceptors (Lipinski definition) is 14. The molecule has 4 aliphatic rings. The van der Waals surface area contributed by atoms with Crippen molar-refractivity contribution < 1.29 is 50.0 Å². The van der Waals surface area contributed by atoms with Gasteiger partial charge in [-0.2, -0.15) is 27.0 Å². The lowest BCUT2D eigenvalue weighted by Crippen LogP contribution is -2.43. The van der Waals surface area contributed by atoms with Crippen molar-refractivity contribution >= 4 is 107 Å². The molecule has 14 nitrogen and oxygen atoms in total. The third-order valence-electron chi connectivity index (χ3n) is 14.3. The zero-order chi connectivity index (χ0) is 56.8. The highest BCUT2D eigenvalue weighted by atomic mass is 79.9. The van der Waals surface area contributed by atoms with Crippen molar-refractivity contribution in [3.8, 4) is 0 Å². The molecule has 0 radical (unpaired) electrons. The third-order valence-corrected chi connectivity index (χ3v) is 14.3. The topological polar surface area (TPSA) is 205 Å². The molecular weight excluding hydrogens is 1310 g/mol. The Morgan fingerprint density at radius 1 is 0.529 bits per heavy atom. The highest BCUT2D eigenvalue weighted by molar-refractivity contribution is 9.05. The Morgan fingerprint density at radius 3 is 1.19 bits per heavy atom. The molecule has 498 valence electrons. The summed E-state index contributed by atoms with van der Waals surface area (Å²) in [5, 5.41) is 10.8. The predicted molar refractivity (Wildman–Crippen MR) is 383 cm³/mol. The average molecular weight is 1430 g/mol. The van der Waals surface area contributed by atoms with Crippen LogP contribution in [0.3, 0.4) is 0 Å². The fraction of sp³-hybridized carbons (Fsp3) is 0.621. The number of aldehydes is 1. The number of nitrogens with one attached hydrogen (secondary N) is 3. The number of allylic oxidation sites excluding steroid dienone is 1. The van der Waals surface area contributed by atoms with Crippen molar-refractivity contribution in [2.45, 2.75) is 224 Å². The molecule has 6 N–H and O–H groups in total. The van der Waals surface area contributed by atoms with Crippen LogP contribution < -0.4 is 21.7 Å². The molecular formula is C66H121Br3N4O10S2. The first-order valence-corrected chi connectivity index (χ1v) is 29.2. The molecule has 0 heterocycles. The van der Waals surface area contributed by atoms with E-state index in [0.717, 1.165) is 107 Å². The molecule has 3 saturated carbocycles. The molecule has 0 amide bonds. The zero-order valence-electron chi connectivity index (χ0n) is 49.5. The molecule has 4 aliphatic carbocycles. The molecule has 7 rings (SSSR count). The van der Waals surface area contributed by atoms with E-state index < -0.39 is 0 Å². The summed E-state index contributed by atoms with van der Waals surface area (Å²) in [6.07, 6.45) is 17.5. The summed E-state index contributed by atoms with van der Waals surface area (Å²) in [5.41, 5.74) is 11.5. The highest BCUT2D eigenvalue weighted by Gasteiger charge is 2.34. The SMILES string of the molecule is Br.Br.C.C.C.C.CC=O.CCOC(=O)C1=C(N[C@H](C)c2ccccc2)CCCC1.CCOC(=O)[C@H]1CCCCC1N[C@@H](C)c1ccccc1.CCOC(=O)[C@H]1CCCC[C@H]1N.CCOC(=O)[C@H]1CCCC[C@H]1N[C@H](C)c1ccccc1.OBr.S.S.[HH].[HH]. The van der Waals surface area contributed by atoms with Crippen LogP contribution in [0.4, 0.5) is 0 Å². The number of carbonyl (C=O) groups is 5. The number of hydrogen-bond donors (Lipinski definition) is 5. The van der Waals surface area contributed by atoms with Crippen LogP contribution in [-0.4, -0.2) is 78.9 Å². The van der Waals surface area contributed by atoms with E-state index >= 15 is 0 Å². The molecule has 0 bridgehead atoms. The fourth-order valence-corrected chi connectivity index (χ4v) is 10.3. The van der Waals surface area contributed by atoms with E-state index in [1.54, 1.807) is 0 Å². The van der Waals surface area contributed by atoms with Gasteiger partial charge in [0.25, 0.3) is 0 Å². The molecule has 0 spiro atoms. The van der Waals surface area contributed by atoms with Crippen molar-refractivity contribution in [2.75, 3.05) is 26.4 Å². The van der Waals surface area contributed by atoms with Crippen molar-refractivity contribution in [3.63, 3.8) is 0 Å². The van der Waals surface area contributed by atoms with Gasteiger partial charge in [0.2, 0.25) is 0 Å². The van der Waals surface area contributed by atoms with E-state index in [-0.39, 0.29) is 171 Å². The Bertz CT molecular complexity index is 2060. The fourth-order valence-electron chi connectivity index (χ4n) is 10.3. The van der Waals surface area contributed by atoms with Crippen LogP contribution in [0.2, 0.25) is 0 Å². The van der Waals surface area contributed by atoms with Crippen LogP contribution in [0.1, 0.15) is 225 Å². The van der Waals surface area contributed by atoms with Gasteiger partial charge in [-0.25, -0.2) is 4.79 Å². The number of rotatable bonds is 17. The summed E-state index contributed by atoms with van der Waals surface area (Å²) < 4.78 is 27.3. The lowest BCUT2D eigenvalue weighted by molar-refractivity contribution is -0.151. The predicted octanol–water partition coefficient (Wildman–Crippen LogP) is 16.6. The second-order valence-electron chi connectivity index (χ2n) is 19.8. The van der Waals surface area contributed by atoms with Gasteiger partial charge in [0, 0.05) is 44.8 Å². The maximum atomic E-state index is 12.1. The van der Waals surface area contributed by atoms with Gasteiger partial charge >= 0.3 is 23.9 Å². The lowest BCUT2D eigenvalue weighted by atomic mass is 9.84. The van der Waals surface area contributed by atoms with Crippen LogP contribution in [0.25, 0.3) is 0 Å². The van der Waals surface area contributed by atoms with Gasteiger partial charge < -0.3 is 49.6 Å². The first-order valence-electron chi connectivity index (χ1n) is 28.5. The molecule has 19 heteroatoms. The molecule has 0 aliphatic heterocycles. The normalized spacial score (nSPS) is 19.7. The average Bonchev–Trinajstić information content (AvgIpc) is 3.68. The molecule has 1 unspecified atom stereocenters. The zero-order valence-corrected chi connectivity index (χ0v) is 56.5. The van der Waals surface area contributed by atoms with E-state index in [2.05, 4.69) is 97.4 Å². The summed E-state index contributed by atoms with van der Waals surface area (Å²) in [4.78, 5) is 56.2. The minimum atomic E-state index is -0.157. The Labute approximate surface area is 562 Å². The molecule has 9 atom stereocenters. The number of ether oxygens (including phenoxy) is 4. The van der Waals surface area contributed by atoms with Gasteiger partial charge in [-0.05, 0) is 136 Å². The maximum absolute atomic E-state index is 12.1. The van der Waals surface area contributed by atoms with E-state index in [0.29, 0.717) is 26.4 Å². The quantitative estimate of drug-likeness (QED) is 0.0485. The van der Waals surface area contributed by atoms with Gasteiger partial charge in [-0.15, -0.1) is 34.0 Å². The largest absolute Gasteiger partial charge is 0.466 e. The van der Waals surface area contributed by atoms with E-state index in [4.69, 9.17) is 33.7 Å². The van der Waals surface area contributed by atoms with Gasteiger partial charge in [-0.3, -0.25) is 14.4 Å². The van der Waals surface area contributed by atoms with Crippen molar-refractivity contribution in [3.05, 3.63) is 119 Å². The van der Waals surface area contributed by atoms with Gasteiger partial charge in [0.15, 0.2) is 0 Å². The van der Waals surface area contributed by atoms with Gasteiger partial charge in [0.05, 0.1) is 66.0 Å². The first kappa shape index (κ1) is 95.4. The van der Waals surface area contributed by atoms with Crippen molar-refractivity contribution in [2.24, 2.45) is 23.5 Å². The van der Waals surface area contributed by atoms with E-state index in [1.165, 1.54) is 36.5 Å². The van der Waals surface area contributed by atoms with Crippen LogP contribution in [-0.2, 0) is 42.9 Å². The second kappa shape index (κ2) is 58.4. The van der Waals surface area contributed by atoms with Crippen LogP contribution in [0, 0.1) is 17.8 Å². The molecule has 3 aromatic rings. The Morgan fingerprint density at radius 2 is 0.835 bits per heavy atom. The summed E-state index contributed by atoms with van der Waals surface area (Å²) in [6, 6.07) is 32.3. The number of nitrogens with two attached hydrogens (primary N) is 1. The van der Waals surface area contributed by atoms with Crippen LogP contribution >= 0.6 is 77.2 Å². The van der Waals surface area contributed by atoms with E-state index in [9.17, 15) is 19.2 Å². The van der Waals surface area contributed by atoms with Crippen molar-refractivity contribution in [1.29, 1.82) is 0 Å². The van der Waals surface area contributed by atoms with Gasteiger partial charge in [-0.1, -0.05) is 159 Å². The number of carbonyl (C=O) groups excluding carboxylic acids is 5. The molecule has 3 aromatic carbocycles. The minimum Gasteiger partial charge on any atom is -0.466 e. The smallest absolute Gasteiger partial charge is 0.335 e. The summed E-state index contributed by atoms with van der Waals surface area (Å²) in [5.74, 6) is -0.363. The molecule has 0 saturated heterocycles. The summed E-state index contributed by atoms with van der Waals surface area (Å²) in [7, 11) is 0. The standard InChI is InChI=1S/2C17H25NO2.C17H23NO2.C9H17NO2.C2H4O.4CH4.BrHO.2BrH.2H2S.2H2/c3*1-3-20-17(19)15-11-7-8-12-16(15)18-13(2)14-9-5-4-6-10-14;1-2-12-9(11)7-5-3-4-6-8(7)10;1-2-3;;;;;1-2;;;;;;/h2*4-6,9-10,13,15-16,18H,3,7-8,11-12H2,1-2H3;4-6,9-10,13,18H,3,7-8,11-12H2,1-2H3;7-8H,2-6,10H2,1H3;2H,1H3;4*1H4;2H;2*1H;2*1H2;2*1H/t13-,15+,16-;13-,15-,16?;13-;7-,8+;;;;;;;;;;;;/m1010............/s1. The Hall–Kier alpha value is -3.27. The third kappa shape index (κ3) is 36.7. The highest BCUT2D eigenvalue weighted by Crippen LogP contribution is 2.31. The van der Waals surface area contributed by atoms with Gasteiger partial charge in [0.1, 0.15) is 6.29 Å². The molecule has 0 aromatic heterocycles. The number of halogens is 3. The Kier molecular flexibility index (Phi) is 65.5. The summed E-state index contributed by atoms with van der Waals surface area (Å²) in [6.45, 7) is 17.1. The lowest BCUT2D eigenvalue weighted by Gasteiger charge is -2.33. The Balaban J connectivity index is -0.000000127. The van der Waals surface area contributed by atoms with E-state index in [1.807, 2.05) is 74.3 Å². The molecule has 85 heavy (non-hydrogen) atoms. The number of esters is 4. The summed E-state index contributed by atoms with van der Waals surface area (Å²) >= 11 is 1.94. The molecule has 3 fully saturated rings. The maximum Gasteiger partial charge on any atom is 0.335 e.